The largest absolute Gasteiger partial charge is 0.480 e. The molecule has 1 aromatic carbocycles. The van der Waals surface area contributed by atoms with Gasteiger partial charge in [-0.15, -0.1) is 0 Å². The number of rotatable bonds is 5. The molecule has 1 heterocycles. The van der Waals surface area contributed by atoms with Crippen LogP contribution in [0.25, 0.3) is 0 Å². The zero-order valence-electron chi connectivity index (χ0n) is 12.6. The summed E-state index contributed by atoms with van der Waals surface area (Å²) in [5.41, 5.74) is 0. The lowest BCUT2D eigenvalue weighted by Gasteiger charge is -2.23. The Morgan fingerprint density at radius 3 is 2.52 bits per heavy atom. The Labute approximate surface area is 133 Å². The number of hydrogen-bond donors (Lipinski definition) is 1. The molecule has 1 aliphatic heterocycles. The average Bonchev–Trinajstić information content (AvgIpc) is 2.97. The highest BCUT2D eigenvalue weighted by Crippen LogP contribution is 2.23. The number of carbonyl (C=O) groups excluding carboxylic acids is 1. The molecule has 0 aliphatic carbocycles. The van der Waals surface area contributed by atoms with E-state index in [1.54, 1.807) is 0 Å². The minimum Gasteiger partial charge on any atom is -0.480 e. The fourth-order valence-electron chi connectivity index (χ4n) is 2.65. The van der Waals surface area contributed by atoms with Gasteiger partial charge in [0.15, 0.2) is 9.84 Å². The molecule has 1 amide bonds. The Kier molecular flexibility index (Phi) is 5.03. The lowest BCUT2D eigenvalue weighted by atomic mass is 10.2. The second kappa shape index (κ2) is 6.66. The van der Waals surface area contributed by atoms with Crippen LogP contribution in [-0.4, -0.2) is 48.1 Å². The third-order valence-electron chi connectivity index (χ3n) is 3.99. The van der Waals surface area contributed by atoms with Gasteiger partial charge in [-0.05, 0) is 44.0 Å². The van der Waals surface area contributed by atoms with Gasteiger partial charge in [-0.3, -0.25) is 4.79 Å². The summed E-state index contributed by atoms with van der Waals surface area (Å²) >= 11 is 0. The SMILES string of the molecule is C[C@@H](CC(=O)N1CCC[C@H]1C(=O)O)S(=O)(=O)c1ccc(F)cc1. The monoisotopic (exact) mass is 343 g/mol. The van der Waals surface area contributed by atoms with Crippen LogP contribution >= 0.6 is 0 Å². The molecule has 126 valence electrons. The van der Waals surface area contributed by atoms with Crippen LogP contribution in [0.4, 0.5) is 4.39 Å². The number of carbonyl (C=O) groups is 2. The molecule has 1 aliphatic rings. The van der Waals surface area contributed by atoms with E-state index in [2.05, 4.69) is 0 Å². The quantitative estimate of drug-likeness (QED) is 0.817. The van der Waals surface area contributed by atoms with Crippen LogP contribution in [0.15, 0.2) is 29.2 Å². The van der Waals surface area contributed by atoms with Crippen molar-refractivity contribution >= 4 is 21.7 Å². The third kappa shape index (κ3) is 3.69. The predicted octanol–water partition coefficient (Wildman–Crippen LogP) is 1.45. The first-order chi connectivity index (χ1) is 10.7. The van der Waals surface area contributed by atoms with Crippen molar-refractivity contribution in [1.82, 2.24) is 4.90 Å². The van der Waals surface area contributed by atoms with Gasteiger partial charge >= 0.3 is 5.97 Å². The number of sulfone groups is 1. The Morgan fingerprint density at radius 2 is 1.96 bits per heavy atom. The summed E-state index contributed by atoms with van der Waals surface area (Å²) in [4.78, 5) is 24.5. The summed E-state index contributed by atoms with van der Waals surface area (Å²) in [6.07, 6.45) is 0.658. The van der Waals surface area contributed by atoms with Crippen molar-refractivity contribution < 1.29 is 27.5 Å². The highest BCUT2D eigenvalue weighted by atomic mass is 32.2. The van der Waals surface area contributed by atoms with Gasteiger partial charge in [-0.2, -0.15) is 0 Å². The standard InChI is InChI=1S/C15H18FNO5S/c1-10(23(21,22)12-6-4-11(16)5-7-12)9-14(18)17-8-2-3-13(17)15(19)20/h4-7,10,13H,2-3,8-9H2,1H3,(H,19,20)/t10-,13-/m0/s1. The van der Waals surface area contributed by atoms with Crippen molar-refractivity contribution in [1.29, 1.82) is 0 Å². The van der Waals surface area contributed by atoms with Gasteiger partial charge in [0.25, 0.3) is 0 Å². The van der Waals surface area contributed by atoms with Crippen molar-refractivity contribution in [2.75, 3.05) is 6.54 Å². The van der Waals surface area contributed by atoms with E-state index in [1.807, 2.05) is 0 Å². The van der Waals surface area contributed by atoms with E-state index in [-0.39, 0.29) is 11.3 Å². The average molecular weight is 343 g/mol. The van der Waals surface area contributed by atoms with Gasteiger partial charge in [0, 0.05) is 13.0 Å². The first kappa shape index (κ1) is 17.4. The van der Waals surface area contributed by atoms with Gasteiger partial charge in [-0.1, -0.05) is 0 Å². The van der Waals surface area contributed by atoms with Crippen molar-refractivity contribution in [3.05, 3.63) is 30.1 Å². The van der Waals surface area contributed by atoms with E-state index >= 15 is 0 Å². The molecule has 23 heavy (non-hydrogen) atoms. The Hall–Kier alpha value is -1.96. The molecular weight excluding hydrogens is 325 g/mol. The maximum atomic E-state index is 12.9. The van der Waals surface area contributed by atoms with E-state index in [1.165, 1.54) is 11.8 Å². The number of benzene rings is 1. The van der Waals surface area contributed by atoms with Gasteiger partial charge in [0.2, 0.25) is 5.91 Å². The van der Waals surface area contributed by atoms with Crippen LogP contribution in [0.5, 0.6) is 0 Å². The fourth-order valence-corrected chi connectivity index (χ4v) is 3.99. The van der Waals surface area contributed by atoms with Crippen molar-refractivity contribution in [2.45, 2.75) is 42.4 Å². The topological polar surface area (TPSA) is 91.8 Å². The number of amides is 1. The molecule has 1 saturated heterocycles. The summed E-state index contributed by atoms with van der Waals surface area (Å²) in [7, 11) is -3.78. The number of likely N-dealkylation sites (tertiary alicyclic amines) is 1. The van der Waals surface area contributed by atoms with Crippen molar-refractivity contribution in [2.24, 2.45) is 0 Å². The molecular formula is C15H18FNO5S. The van der Waals surface area contributed by atoms with Crippen LogP contribution in [0, 0.1) is 5.82 Å². The van der Waals surface area contributed by atoms with Crippen molar-refractivity contribution in [3.8, 4) is 0 Å². The molecule has 0 saturated carbocycles. The minimum absolute atomic E-state index is 0.0598. The van der Waals surface area contributed by atoms with E-state index in [4.69, 9.17) is 5.11 Å². The minimum atomic E-state index is -3.78. The normalized spacial score (nSPS) is 19.6. The molecule has 0 aromatic heterocycles. The molecule has 1 fully saturated rings. The number of aliphatic carboxylic acids is 1. The highest BCUT2D eigenvalue weighted by Gasteiger charge is 2.36. The van der Waals surface area contributed by atoms with Crippen LogP contribution in [0.1, 0.15) is 26.2 Å². The molecule has 8 heteroatoms. The first-order valence-electron chi connectivity index (χ1n) is 7.25. The second-order valence-electron chi connectivity index (χ2n) is 5.60. The number of carboxylic acids is 1. The predicted molar refractivity (Wildman–Crippen MR) is 80.0 cm³/mol. The second-order valence-corrected chi connectivity index (χ2v) is 7.96. The summed E-state index contributed by atoms with van der Waals surface area (Å²) in [5, 5.41) is 8.06. The van der Waals surface area contributed by atoms with Crippen molar-refractivity contribution in [3.63, 3.8) is 0 Å². The van der Waals surface area contributed by atoms with Gasteiger partial charge in [-0.25, -0.2) is 17.6 Å². The van der Waals surface area contributed by atoms with E-state index in [9.17, 15) is 22.4 Å². The fraction of sp³-hybridized carbons (Fsp3) is 0.467. The molecule has 0 spiro atoms. The zero-order valence-corrected chi connectivity index (χ0v) is 13.4. The van der Waals surface area contributed by atoms with Crippen LogP contribution < -0.4 is 0 Å². The maximum absolute atomic E-state index is 12.9. The molecule has 0 bridgehead atoms. The first-order valence-corrected chi connectivity index (χ1v) is 8.80. The summed E-state index contributed by atoms with van der Waals surface area (Å²) in [6, 6.07) is 3.51. The Balaban J connectivity index is 2.11. The lowest BCUT2D eigenvalue weighted by molar-refractivity contribution is -0.148. The maximum Gasteiger partial charge on any atom is 0.326 e. The lowest BCUT2D eigenvalue weighted by Crippen LogP contribution is -2.42. The van der Waals surface area contributed by atoms with Crippen LogP contribution in [0.3, 0.4) is 0 Å². The number of hydrogen-bond acceptors (Lipinski definition) is 4. The molecule has 0 radical (unpaired) electrons. The third-order valence-corrected chi connectivity index (χ3v) is 6.15. The van der Waals surface area contributed by atoms with Crippen LogP contribution in [-0.2, 0) is 19.4 Å². The molecule has 6 nitrogen and oxygen atoms in total. The Morgan fingerprint density at radius 1 is 1.35 bits per heavy atom. The molecule has 0 unspecified atom stereocenters. The number of nitrogens with zero attached hydrogens (tertiary/aromatic N) is 1. The van der Waals surface area contributed by atoms with E-state index in [0.717, 1.165) is 24.3 Å². The smallest absolute Gasteiger partial charge is 0.326 e. The van der Waals surface area contributed by atoms with E-state index < -0.39 is 38.8 Å². The van der Waals surface area contributed by atoms with E-state index in [0.29, 0.717) is 19.4 Å². The summed E-state index contributed by atoms with van der Waals surface area (Å²) in [5.74, 6) is -2.12. The molecule has 1 aromatic rings. The number of halogens is 1. The molecule has 2 rings (SSSR count). The highest BCUT2D eigenvalue weighted by molar-refractivity contribution is 7.92. The van der Waals surface area contributed by atoms with Crippen LogP contribution in [0.2, 0.25) is 0 Å². The van der Waals surface area contributed by atoms with Gasteiger partial charge in [0.1, 0.15) is 11.9 Å². The van der Waals surface area contributed by atoms with Gasteiger partial charge in [0.05, 0.1) is 10.1 Å². The number of carboxylic acid groups (broad SMARTS) is 1. The summed E-state index contributed by atoms with van der Waals surface area (Å²) in [6.45, 7) is 1.71. The molecule has 2 atom stereocenters. The van der Waals surface area contributed by atoms with Gasteiger partial charge < -0.3 is 10.0 Å². The summed E-state index contributed by atoms with van der Waals surface area (Å²) < 4.78 is 37.7. The Bertz CT molecular complexity index is 701. The zero-order chi connectivity index (χ0) is 17.2. The molecule has 1 N–H and O–H groups in total.